The quantitative estimate of drug-likeness (QED) is 0.763. The Morgan fingerprint density at radius 3 is 2.44 bits per heavy atom. The molecule has 1 amide bonds. The number of aromatic nitrogens is 2. The van der Waals surface area contributed by atoms with Crippen molar-refractivity contribution in [1.82, 2.24) is 15.1 Å². The number of hydrogen-bond donors (Lipinski definition) is 1. The number of methoxy groups -OCH3 is 2. The Bertz CT molecular complexity index is 771. The van der Waals surface area contributed by atoms with Crippen molar-refractivity contribution in [2.45, 2.75) is 26.7 Å². The van der Waals surface area contributed by atoms with E-state index in [9.17, 15) is 4.79 Å². The van der Waals surface area contributed by atoms with Crippen molar-refractivity contribution < 1.29 is 14.3 Å². The second kappa shape index (κ2) is 8.38. The second-order valence-corrected chi connectivity index (χ2v) is 6.70. The van der Waals surface area contributed by atoms with Crippen LogP contribution in [0.25, 0.3) is 0 Å². The van der Waals surface area contributed by atoms with E-state index in [0.29, 0.717) is 30.9 Å². The van der Waals surface area contributed by atoms with Crippen LogP contribution < -0.4 is 14.8 Å². The van der Waals surface area contributed by atoms with Gasteiger partial charge in [-0.15, -0.1) is 0 Å². The molecule has 6 nitrogen and oxygen atoms in total. The van der Waals surface area contributed by atoms with Crippen LogP contribution in [0.5, 0.6) is 11.5 Å². The Hall–Kier alpha value is -2.02. The number of nitrogens with zero attached hydrogens (tertiary/aromatic N) is 2. The highest BCUT2D eigenvalue weighted by Gasteiger charge is 2.14. The van der Waals surface area contributed by atoms with Gasteiger partial charge in [-0.05, 0) is 38.0 Å². The van der Waals surface area contributed by atoms with Crippen molar-refractivity contribution in [1.29, 1.82) is 0 Å². The van der Waals surface area contributed by atoms with Crippen molar-refractivity contribution in [3.8, 4) is 11.5 Å². The fraction of sp³-hybridized carbons (Fsp3) is 0.444. The minimum absolute atomic E-state index is 0.00389. The zero-order chi connectivity index (χ0) is 18.6. The van der Waals surface area contributed by atoms with Crippen molar-refractivity contribution in [2.24, 2.45) is 7.05 Å². The number of carbonyl (C=O) groups excluding carboxylic acids is 1. The molecule has 0 bridgehead atoms. The van der Waals surface area contributed by atoms with Crippen LogP contribution in [-0.4, -0.2) is 36.5 Å². The molecule has 0 spiro atoms. The molecule has 0 atom stereocenters. The third-order valence-electron chi connectivity index (χ3n) is 4.27. The summed E-state index contributed by atoms with van der Waals surface area (Å²) >= 11 is 3.53. The smallest absolute Gasteiger partial charge is 0.224 e. The third kappa shape index (κ3) is 4.54. The summed E-state index contributed by atoms with van der Waals surface area (Å²) in [4.78, 5) is 12.2. The average molecular weight is 410 g/mol. The maximum absolute atomic E-state index is 12.2. The van der Waals surface area contributed by atoms with Gasteiger partial charge in [-0.2, -0.15) is 5.10 Å². The zero-order valence-electron chi connectivity index (χ0n) is 15.3. The van der Waals surface area contributed by atoms with Crippen molar-refractivity contribution >= 4 is 21.8 Å². The fourth-order valence-corrected chi connectivity index (χ4v) is 3.24. The summed E-state index contributed by atoms with van der Waals surface area (Å²) in [6.07, 6.45) is 1.04. The summed E-state index contributed by atoms with van der Waals surface area (Å²) < 4.78 is 13.3. The number of nitrogens with one attached hydrogen (secondary N) is 1. The van der Waals surface area contributed by atoms with E-state index in [1.165, 1.54) is 0 Å². The first kappa shape index (κ1) is 19.3. The Labute approximate surface area is 156 Å². The summed E-state index contributed by atoms with van der Waals surface area (Å²) in [6.45, 7) is 4.45. The molecule has 25 heavy (non-hydrogen) atoms. The molecule has 2 rings (SSSR count). The molecule has 0 radical (unpaired) electrons. The van der Waals surface area contributed by atoms with Crippen LogP contribution in [0.1, 0.15) is 22.5 Å². The van der Waals surface area contributed by atoms with Crippen molar-refractivity contribution in [3.63, 3.8) is 0 Å². The molecule has 0 aliphatic carbocycles. The molecule has 0 aliphatic rings. The lowest BCUT2D eigenvalue weighted by atomic mass is 10.1. The number of carbonyl (C=O) groups is 1. The van der Waals surface area contributed by atoms with E-state index in [2.05, 4.69) is 26.3 Å². The van der Waals surface area contributed by atoms with Gasteiger partial charge < -0.3 is 14.8 Å². The summed E-state index contributed by atoms with van der Waals surface area (Å²) in [5.74, 6) is 1.34. The number of halogens is 1. The molecular weight excluding hydrogens is 386 g/mol. The topological polar surface area (TPSA) is 65.4 Å². The Balaban J connectivity index is 1.95. The standard InChI is InChI=1S/C18H24BrN3O3/c1-11-14(12(2)22(3)21-11)9-18(23)20-7-6-13-8-16(24-4)17(25-5)10-15(13)19/h8,10H,6-7,9H2,1-5H3,(H,20,23). The van der Waals surface area contributed by atoms with Gasteiger partial charge in [0.2, 0.25) is 5.91 Å². The molecule has 2 aromatic rings. The Morgan fingerprint density at radius 2 is 1.88 bits per heavy atom. The highest BCUT2D eigenvalue weighted by molar-refractivity contribution is 9.10. The first-order chi connectivity index (χ1) is 11.9. The highest BCUT2D eigenvalue weighted by atomic mass is 79.9. The minimum atomic E-state index is -0.00389. The minimum Gasteiger partial charge on any atom is -0.493 e. The second-order valence-electron chi connectivity index (χ2n) is 5.85. The van der Waals surface area contributed by atoms with Gasteiger partial charge in [-0.3, -0.25) is 9.48 Å². The lowest BCUT2D eigenvalue weighted by Crippen LogP contribution is -2.27. The Morgan fingerprint density at radius 1 is 1.24 bits per heavy atom. The third-order valence-corrected chi connectivity index (χ3v) is 5.00. The van der Waals surface area contributed by atoms with Gasteiger partial charge in [0.1, 0.15) is 0 Å². The predicted octanol–water partition coefficient (Wildman–Crippen LogP) is 2.72. The molecule has 136 valence electrons. The van der Waals surface area contributed by atoms with Crippen LogP contribution in [0, 0.1) is 13.8 Å². The normalized spacial score (nSPS) is 10.6. The van der Waals surface area contributed by atoms with E-state index >= 15 is 0 Å². The number of aryl methyl sites for hydroxylation is 2. The van der Waals surface area contributed by atoms with Crippen LogP contribution in [0.15, 0.2) is 16.6 Å². The van der Waals surface area contributed by atoms with Crippen LogP contribution >= 0.6 is 15.9 Å². The van der Waals surface area contributed by atoms with Gasteiger partial charge >= 0.3 is 0 Å². The number of benzene rings is 1. The molecule has 1 heterocycles. The van der Waals surface area contributed by atoms with Gasteiger partial charge in [0.05, 0.1) is 26.3 Å². The van der Waals surface area contributed by atoms with Gasteiger partial charge in [-0.25, -0.2) is 0 Å². The van der Waals surface area contributed by atoms with Gasteiger partial charge in [0.25, 0.3) is 0 Å². The maximum atomic E-state index is 12.2. The molecule has 0 fully saturated rings. The van der Waals surface area contributed by atoms with Crippen LogP contribution in [0.2, 0.25) is 0 Å². The number of rotatable bonds is 7. The van der Waals surface area contributed by atoms with Crippen molar-refractivity contribution in [2.75, 3.05) is 20.8 Å². The lowest BCUT2D eigenvalue weighted by Gasteiger charge is -2.12. The maximum Gasteiger partial charge on any atom is 0.224 e. The van der Waals surface area contributed by atoms with Gasteiger partial charge in [-0.1, -0.05) is 15.9 Å². The van der Waals surface area contributed by atoms with Crippen LogP contribution in [0.4, 0.5) is 0 Å². The van der Waals surface area contributed by atoms with E-state index in [-0.39, 0.29) is 5.91 Å². The van der Waals surface area contributed by atoms with Crippen LogP contribution in [-0.2, 0) is 24.7 Å². The SMILES string of the molecule is COc1cc(Br)c(CCNC(=O)Cc2c(C)nn(C)c2C)cc1OC. The van der Waals surface area contributed by atoms with E-state index in [0.717, 1.165) is 27.0 Å². The van der Waals surface area contributed by atoms with E-state index in [1.54, 1.807) is 18.9 Å². The molecule has 0 saturated carbocycles. The average Bonchev–Trinajstić information content (AvgIpc) is 2.82. The predicted molar refractivity (Wildman–Crippen MR) is 100 cm³/mol. The Kier molecular flexibility index (Phi) is 6.47. The molecule has 1 aromatic heterocycles. The number of ether oxygens (including phenoxy) is 2. The monoisotopic (exact) mass is 409 g/mol. The number of amides is 1. The van der Waals surface area contributed by atoms with Crippen LogP contribution in [0.3, 0.4) is 0 Å². The molecule has 7 heteroatoms. The molecule has 0 saturated heterocycles. The lowest BCUT2D eigenvalue weighted by molar-refractivity contribution is -0.120. The van der Waals surface area contributed by atoms with Gasteiger partial charge in [0, 0.05) is 29.3 Å². The summed E-state index contributed by atoms with van der Waals surface area (Å²) in [6, 6.07) is 3.79. The van der Waals surface area contributed by atoms with Gasteiger partial charge in [0.15, 0.2) is 11.5 Å². The molecule has 0 aliphatic heterocycles. The molecular formula is C18H24BrN3O3. The molecule has 1 aromatic carbocycles. The summed E-state index contributed by atoms with van der Waals surface area (Å²) in [7, 11) is 5.10. The van der Waals surface area contributed by atoms with E-state index in [1.807, 2.05) is 33.0 Å². The first-order valence-electron chi connectivity index (χ1n) is 8.03. The summed E-state index contributed by atoms with van der Waals surface area (Å²) in [5, 5.41) is 7.31. The number of hydrogen-bond acceptors (Lipinski definition) is 4. The highest BCUT2D eigenvalue weighted by Crippen LogP contribution is 2.33. The first-order valence-corrected chi connectivity index (χ1v) is 8.82. The van der Waals surface area contributed by atoms with E-state index < -0.39 is 0 Å². The largest absolute Gasteiger partial charge is 0.493 e. The molecule has 0 unspecified atom stereocenters. The summed E-state index contributed by atoms with van der Waals surface area (Å²) in [5.41, 5.74) is 3.96. The molecule has 1 N–H and O–H groups in total. The van der Waals surface area contributed by atoms with E-state index in [4.69, 9.17) is 9.47 Å². The zero-order valence-corrected chi connectivity index (χ0v) is 16.9. The van der Waals surface area contributed by atoms with Crippen molar-refractivity contribution in [3.05, 3.63) is 39.1 Å². The fourth-order valence-electron chi connectivity index (χ4n) is 2.72.